The number of fused-ring (bicyclic) bond motifs is 16. The third kappa shape index (κ3) is 6.26. The third-order valence-corrected chi connectivity index (χ3v) is 17.9. The first-order valence-corrected chi connectivity index (χ1v) is 28.1. The van der Waals surface area contributed by atoms with Crippen LogP contribution in [0.1, 0.15) is 0 Å². The molecule has 0 radical (unpaired) electrons. The van der Waals surface area contributed by atoms with Crippen LogP contribution in [0.2, 0.25) is 0 Å². The number of ether oxygens (including phenoxy) is 2. The molecule has 0 bridgehead atoms. The monoisotopic (exact) mass is 1040 g/mol. The largest absolute Gasteiger partial charge is 0.458 e. The smallest absolute Gasteiger partial charge is 0.256 e. The van der Waals surface area contributed by atoms with Gasteiger partial charge in [0.25, 0.3) is 13.4 Å². The molecule has 0 saturated carbocycles. The molecule has 0 atom stereocenters. The molecule has 0 fully saturated rings. The molecule has 0 unspecified atom stereocenters. The van der Waals surface area contributed by atoms with Crippen LogP contribution in [0.4, 0.5) is 34.1 Å². The fourth-order valence-corrected chi connectivity index (χ4v) is 14.2. The maximum atomic E-state index is 7.43. The second-order valence-electron chi connectivity index (χ2n) is 22.3. The van der Waals surface area contributed by atoms with Gasteiger partial charge in [-0.05, 0) is 186 Å². The number of hydrogen-bond donors (Lipinski definition) is 0. The summed E-state index contributed by atoms with van der Waals surface area (Å²) in [6.45, 7) is -0.291. The van der Waals surface area contributed by atoms with Gasteiger partial charge in [0.15, 0.2) is 0 Å². The van der Waals surface area contributed by atoms with E-state index in [2.05, 4.69) is 265 Å². The standard InChI is InChI=1S/C74H42B2N2O4/c1-3-19-51(20-4-1)77-61-25-13-11-23-57(61)75-59-41-60-70(42-69(59)81-71-39-49(35-63(77)73(71)75)47-27-29-65-53(33-47)55-31-43-15-7-9-17-45(43)37-67(55)79-65)82-72-40-50(48-28-30-66-54(34-48)56-32-44-16-8-10-18-46(44)38-68(56)80-66)36-64-74(72)76(60)58-24-12-14-26-62(58)78(64)52-21-5-2-6-22-52/h1-42H. The lowest BCUT2D eigenvalue weighted by Crippen LogP contribution is -2.63. The van der Waals surface area contributed by atoms with Crippen molar-refractivity contribution in [3.05, 3.63) is 255 Å². The number of rotatable bonds is 4. The van der Waals surface area contributed by atoms with E-state index in [1.807, 2.05) is 0 Å². The minimum atomic E-state index is -0.146. The van der Waals surface area contributed by atoms with E-state index in [0.717, 1.165) is 156 Å². The maximum Gasteiger partial charge on any atom is 0.256 e. The summed E-state index contributed by atoms with van der Waals surface area (Å²) in [5, 5.41) is 9.04. The molecule has 0 saturated heterocycles. The van der Waals surface area contributed by atoms with Crippen LogP contribution in [-0.4, -0.2) is 13.4 Å². The third-order valence-electron chi connectivity index (χ3n) is 17.9. The van der Waals surface area contributed by atoms with Gasteiger partial charge in [-0.15, -0.1) is 0 Å². The minimum absolute atomic E-state index is 0.146. The molecular weight excluding hydrogens is 1000 g/mol. The van der Waals surface area contributed by atoms with Gasteiger partial charge in [0.1, 0.15) is 45.3 Å². The van der Waals surface area contributed by atoms with E-state index in [0.29, 0.717) is 0 Å². The Morgan fingerprint density at radius 1 is 0.256 bits per heavy atom. The summed E-state index contributed by atoms with van der Waals surface area (Å²) in [5.41, 5.74) is 21.3. The Labute approximate surface area is 471 Å². The summed E-state index contributed by atoms with van der Waals surface area (Å²) in [4.78, 5) is 4.85. The van der Waals surface area contributed by atoms with Crippen molar-refractivity contribution < 1.29 is 18.3 Å². The average molecular weight is 1040 g/mol. The molecule has 2 aromatic heterocycles. The van der Waals surface area contributed by atoms with E-state index in [1.54, 1.807) is 0 Å². The summed E-state index contributed by atoms with van der Waals surface area (Å²) in [6, 6.07) is 92.1. The van der Waals surface area contributed by atoms with Crippen molar-refractivity contribution in [1.29, 1.82) is 0 Å². The topological polar surface area (TPSA) is 51.2 Å². The Kier molecular flexibility index (Phi) is 8.86. The molecule has 6 nitrogen and oxygen atoms in total. The molecular formula is C74H42B2N2O4. The van der Waals surface area contributed by atoms with Gasteiger partial charge >= 0.3 is 0 Å². The van der Waals surface area contributed by atoms with Crippen LogP contribution in [0, 0.1) is 0 Å². The average Bonchev–Trinajstić information content (AvgIpc) is 2.77. The van der Waals surface area contributed by atoms with Gasteiger partial charge in [0.05, 0.1) is 0 Å². The number of benzene rings is 13. The predicted molar refractivity (Wildman–Crippen MR) is 339 cm³/mol. The molecule has 0 amide bonds. The molecule has 0 aliphatic carbocycles. The molecule has 0 spiro atoms. The summed E-state index contributed by atoms with van der Waals surface area (Å²) < 4.78 is 27.9. The second kappa shape index (κ2) is 16.4. The van der Waals surface area contributed by atoms with E-state index >= 15 is 0 Å². The van der Waals surface area contributed by atoms with Gasteiger partial charge in [0.2, 0.25) is 0 Å². The summed E-state index contributed by atoms with van der Waals surface area (Å²) in [5.74, 6) is 3.21. The fourth-order valence-electron chi connectivity index (χ4n) is 14.2. The summed E-state index contributed by atoms with van der Waals surface area (Å²) in [6.07, 6.45) is 0. The lowest BCUT2D eigenvalue weighted by molar-refractivity contribution is 0.466. The summed E-state index contributed by atoms with van der Waals surface area (Å²) in [7, 11) is 0. The van der Waals surface area contributed by atoms with E-state index in [4.69, 9.17) is 18.3 Å². The number of hydrogen-bond acceptors (Lipinski definition) is 6. The lowest BCUT2D eigenvalue weighted by Gasteiger charge is -2.42. The van der Waals surface area contributed by atoms with Crippen LogP contribution >= 0.6 is 0 Å². The number of furan rings is 2. The Balaban J connectivity index is 0.813. The van der Waals surface area contributed by atoms with Gasteiger partial charge in [-0.2, -0.15) is 0 Å². The van der Waals surface area contributed by atoms with Crippen LogP contribution in [0.15, 0.2) is 264 Å². The van der Waals surface area contributed by atoms with Crippen LogP contribution in [0.5, 0.6) is 23.0 Å². The number of nitrogens with zero attached hydrogens (tertiary/aromatic N) is 2. The molecule has 4 aliphatic rings. The highest BCUT2D eigenvalue weighted by molar-refractivity contribution is 7.02. The van der Waals surface area contributed by atoms with Crippen LogP contribution in [0.3, 0.4) is 0 Å². The molecule has 82 heavy (non-hydrogen) atoms. The van der Waals surface area contributed by atoms with Crippen molar-refractivity contribution in [3.8, 4) is 45.3 Å². The molecule has 4 aliphatic heterocycles. The Morgan fingerprint density at radius 3 is 1.12 bits per heavy atom. The van der Waals surface area contributed by atoms with Gasteiger partial charge in [-0.25, -0.2) is 0 Å². The molecule has 15 aromatic rings. The first-order chi connectivity index (χ1) is 40.6. The highest BCUT2D eigenvalue weighted by Gasteiger charge is 2.47. The lowest BCUT2D eigenvalue weighted by atomic mass is 9.31. The van der Waals surface area contributed by atoms with E-state index in [-0.39, 0.29) is 13.4 Å². The van der Waals surface area contributed by atoms with Crippen molar-refractivity contribution in [2.24, 2.45) is 0 Å². The second-order valence-corrected chi connectivity index (χ2v) is 22.3. The molecule has 8 heteroatoms. The zero-order valence-electron chi connectivity index (χ0n) is 43.9. The fraction of sp³-hybridized carbons (Fsp3) is 0. The van der Waals surface area contributed by atoms with Crippen molar-refractivity contribution in [2.45, 2.75) is 0 Å². The highest BCUT2D eigenvalue weighted by atomic mass is 16.5. The van der Waals surface area contributed by atoms with Crippen LogP contribution < -0.4 is 52.1 Å². The quantitative estimate of drug-likeness (QED) is 0.164. The minimum Gasteiger partial charge on any atom is -0.458 e. The molecule has 13 aromatic carbocycles. The van der Waals surface area contributed by atoms with Crippen LogP contribution in [0.25, 0.3) is 87.7 Å². The van der Waals surface area contributed by atoms with Gasteiger partial charge in [-0.3, -0.25) is 0 Å². The maximum absolute atomic E-state index is 7.43. The number of anilines is 6. The van der Waals surface area contributed by atoms with Crippen molar-refractivity contribution in [1.82, 2.24) is 0 Å². The van der Waals surface area contributed by atoms with Gasteiger partial charge in [0, 0.05) is 61.7 Å². The summed E-state index contributed by atoms with van der Waals surface area (Å²) >= 11 is 0. The first-order valence-electron chi connectivity index (χ1n) is 28.1. The van der Waals surface area contributed by atoms with Crippen LogP contribution in [-0.2, 0) is 0 Å². The van der Waals surface area contributed by atoms with E-state index in [1.165, 1.54) is 21.7 Å². The van der Waals surface area contributed by atoms with E-state index < -0.39 is 0 Å². The van der Waals surface area contributed by atoms with Gasteiger partial charge < -0.3 is 28.1 Å². The molecule has 378 valence electrons. The zero-order chi connectivity index (χ0) is 53.3. The molecule has 19 rings (SSSR count). The number of para-hydroxylation sites is 4. The molecule has 0 N–H and O–H groups in total. The van der Waals surface area contributed by atoms with E-state index in [9.17, 15) is 0 Å². The van der Waals surface area contributed by atoms with Gasteiger partial charge in [-0.1, -0.05) is 140 Å². The zero-order valence-corrected chi connectivity index (χ0v) is 43.9. The van der Waals surface area contributed by atoms with Crippen molar-refractivity contribution in [3.63, 3.8) is 0 Å². The van der Waals surface area contributed by atoms with Crippen molar-refractivity contribution in [2.75, 3.05) is 9.80 Å². The van der Waals surface area contributed by atoms with Crippen molar-refractivity contribution >= 4 is 146 Å². The molecule has 6 heterocycles. The Morgan fingerprint density at radius 2 is 0.659 bits per heavy atom. The first kappa shape index (κ1) is 44.2. The SMILES string of the molecule is c1ccc(N2c3ccccc3B3c4cc5c(cc4Oc4cc(-c6ccc7oc8cc9ccccc9cc8c7c6)cc2c43)Oc2cc(-c3ccc4oc6cc7ccccc7cc6c4c3)cc3c2B5c2ccccc2N3c2ccccc2)cc1. The predicted octanol–water partition coefficient (Wildman–Crippen LogP) is 15.9. The Hall–Kier alpha value is -10.7. The highest BCUT2D eigenvalue weighted by Crippen LogP contribution is 2.48. The Bertz CT molecular complexity index is 4960. The normalized spacial score (nSPS) is 13.5.